The second kappa shape index (κ2) is 8.96. The van der Waals surface area contributed by atoms with E-state index in [0.717, 1.165) is 11.1 Å². The lowest BCUT2D eigenvalue weighted by atomic mass is 10.0. The Morgan fingerprint density at radius 1 is 1.21 bits per heavy atom. The number of carboxylic acid groups (broad SMARTS) is 1. The number of nitrogens with one attached hydrogen (secondary N) is 1. The summed E-state index contributed by atoms with van der Waals surface area (Å²) in [5, 5.41) is 22.5. The number of fused-ring (bicyclic) bond motifs is 1. The summed E-state index contributed by atoms with van der Waals surface area (Å²) in [6, 6.07) is 15.3. The standard InChI is InChI=1S/C25H20ClN5O3/c1-13-9-17(14(2)28-19-7-8-20(26)29-22(19)25(33)34)21-18(10-13)24(32)31(3)23(30-21)16-6-4-5-15(11-16)12-27/h4-11,14,28H,1-3H3,(H,33,34)/t14-/m1/s1. The molecule has 2 N–H and O–H groups in total. The molecule has 0 radical (unpaired) electrons. The van der Waals surface area contributed by atoms with Gasteiger partial charge < -0.3 is 10.4 Å². The number of anilines is 1. The summed E-state index contributed by atoms with van der Waals surface area (Å²) in [6.07, 6.45) is 0. The third kappa shape index (κ3) is 4.21. The van der Waals surface area contributed by atoms with Gasteiger partial charge in [0.05, 0.1) is 34.3 Å². The molecule has 0 bridgehead atoms. The minimum Gasteiger partial charge on any atom is -0.476 e. The molecule has 0 amide bonds. The van der Waals surface area contributed by atoms with Crippen LogP contribution in [0.4, 0.5) is 5.69 Å². The second-order valence-corrected chi connectivity index (χ2v) is 8.33. The van der Waals surface area contributed by atoms with Crippen molar-refractivity contribution in [3.63, 3.8) is 0 Å². The van der Waals surface area contributed by atoms with E-state index in [9.17, 15) is 20.0 Å². The number of rotatable bonds is 5. The van der Waals surface area contributed by atoms with Gasteiger partial charge in [-0.15, -0.1) is 0 Å². The maximum atomic E-state index is 13.3. The van der Waals surface area contributed by atoms with Crippen molar-refractivity contribution in [1.82, 2.24) is 14.5 Å². The molecule has 2 aromatic carbocycles. The van der Waals surface area contributed by atoms with Crippen molar-refractivity contribution >= 4 is 34.2 Å². The topological polar surface area (TPSA) is 121 Å². The first-order valence-electron chi connectivity index (χ1n) is 10.4. The van der Waals surface area contributed by atoms with Crippen LogP contribution in [0, 0.1) is 18.3 Å². The zero-order valence-corrected chi connectivity index (χ0v) is 19.4. The maximum absolute atomic E-state index is 13.3. The molecule has 2 heterocycles. The molecule has 0 aliphatic rings. The van der Waals surface area contributed by atoms with Gasteiger partial charge in [0.15, 0.2) is 5.69 Å². The van der Waals surface area contributed by atoms with Gasteiger partial charge in [-0.3, -0.25) is 9.36 Å². The van der Waals surface area contributed by atoms with Crippen LogP contribution in [0.3, 0.4) is 0 Å². The Kier molecular flexibility index (Phi) is 6.05. The van der Waals surface area contributed by atoms with Gasteiger partial charge in [0.1, 0.15) is 11.0 Å². The normalized spacial score (nSPS) is 11.7. The number of nitriles is 1. The summed E-state index contributed by atoms with van der Waals surface area (Å²) in [7, 11) is 1.64. The van der Waals surface area contributed by atoms with E-state index < -0.39 is 12.0 Å². The summed E-state index contributed by atoms with van der Waals surface area (Å²) < 4.78 is 1.46. The quantitative estimate of drug-likeness (QED) is 0.403. The smallest absolute Gasteiger partial charge is 0.356 e. The fraction of sp³-hybridized carbons (Fsp3) is 0.160. The van der Waals surface area contributed by atoms with Gasteiger partial charge in [0.25, 0.3) is 5.56 Å². The molecule has 0 unspecified atom stereocenters. The highest BCUT2D eigenvalue weighted by Gasteiger charge is 2.20. The van der Waals surface area contributed by atoms with Crippen molar-refractivity contribution < 1.29 is 9.90 Å². The Morgan fingerprint density at radius 2 is 1.97 bits per heavy atom. The average Bonchev–Trinajstić information content (AvgIpc) is 2.82. The molecule has 8 nitrogen and oxygen atoms in total. The summed E-state index contributed by atoms with van der Waals surface area (Å²) in [4.78, 5) is 33.7. The van der Waals surface area contributed by atoms with Crippen LogP contribution < -0.4 is 10.9 Å². The summed E-state index contributed by atoms with van der Waals surface area (Å²) >= 11 is 5.87. The SMILES string of the molecule is Cc1cc([C@@H](C)Nc2ccc(Cl)nc2C(=O)O)c2nc(-c3cccc(C#N)c3)n(C)c(=O)c2c1. The van der Waals surface area contributed by atoms with Gasteiger partial charge in [-0.2, -0.15) is 5.26 Å². The maximum Gasteiger partial charge on any atom is 0.356 e. The van der Waals surface area contributed by atoms with Gasteiger partial charge >= 0.3 is 5.97 Å². The van der Waals surface area contributed by atoms with E-state index >= 15 is 0 Å². The lowest BCUT2D eigenvalue weighted by Gasteiger charge is -2.20. The molecule has 4 aromatic rings. The van der Waals surface area contributed by atoms with E-state index in [1.165, 1.54) is 10.6 Å². The molecule has 0 saturated carbocycles. The lowest BCUT2D eigenvalue weighted by Crippen LogP contribution is -2.22. The number of pyridine rings is 1. The van der Waals surface area contributed by atoms with Crippen molar-refractivity contribution in [1.29, 1.82) is 5.26 Å². The molecule has 4 rings (SSSR count). The highest BCUT2D eigenvalue weighted by Crippen LogP contribution is 2.29. The number of hydrogen-bond donors (Lipinski definition) is 2. The Hall–Kier alpha value is -4.22. The van der Waals surface area contributed by atoms with Crippen LogP contribution >= 0.6 is 11.6 Å². The molecule has 0 spiro atoms. The minimum atomic E-state index is -1.21. The van der Waals surface area contributed by atoms with Gasteiger partial charge in [0.2, 0.25) is 0 Å². The molecular formula is C25H20ClN5O3. The summed E-state index contributed by atoms with van der Waals surface area (Å²) in [6.45, 7) is 3.73. The number of aromatic nitrogens is 3. The van der Waals surface area contributed by atoms with Crippen molar-refractivity contribution in [2.45, 2.75) is 19.9 Å². The third-order valence-electron chi connectivity index (χ3n) is 5.51. The van der Waals surface area contributed by atoms with Gasteiger partial charge in [0, 0.05) is 18.2 Å². The van der Waals surface area contributed by atoms with Gasteiger partial charge in [-0.25, -0.2) is 14.8 Å². The molecule has 0 aliphatic heterocycles. The first-order valence-corrected chi connectivity index (χ1v) is 10.8. The lowest BCUT2D eigenvalue weighted by molar-refractivity contribution is 0.0691. The van der Waals surface area contributed by atoms with Crippen LogP contribution in [0.2, 0.25) is 5.15 Å². The highest BCUT2D eigenvalue weighted by molar-refractivity contribution is 6.29. The number of aryl methyl sites for hydroxylation is 1. The van der Waals surface area contributed by atoms with Crippen molar-refractivity contribution in [3.8, 4) is 17.5 Å². The predicted molar refractivity (Wildman–Crippen MR) is 130 cm³/mol. The number of carboxylic acids is 1. The molecule has 0 saturated heterocycles. The Balaban J connectivity index is 1.90. The third-order valence-corrected chi connectivity index (χ3v) is 5.72. The molecule has 9 heteroatoms. The van der Waals surface area contributed by atoms with E-state index in [0.29, 0.717) is 33.5 Å². The average molecular weight is 474 g/mol. The molecule has 0 aliphatic carbocycles. The van der Waals surface area contributed by atoms with Gasteiger partial charge in [-0.05, 0) is 49.7 Å². The molecule has 0 fully saturated rings. The number of aromatic carboxylic acids is 1. The first kappa shape index (κ1) is 23.0. The second-order valence-electron chi connectivity index (χ2n) is 7.94. The molecular weight excluding hydrogens is 454 g/mol. The van der Waals surface area contributed by atoms with Crippen LogP contribution in [0.5, 0.6) is 0 Å². The zero-order valence-electron chi connectivity index (χ0n) is 18.6. The van der Waals surface area contributed by atoms with Gasteiger partial charge in [-0.1, -0.05) is 29.8 Å². The van der Waals surface area contributed by atoms with Crippen molar-refractivity contribution in [2.24, 2.45) is 7.05 Å². The van der Waals surface area contributed by atoms with E-state index in [-0.39, 0.29) is 16.4 Å². The Labute approximate surface area is 200 Å². The number of halogens is 1. The molecule has 170 valence electrons. The van der Waals surface area contributed by atoms with Crippen LogP contribution in [0.25, 0.3) is 22.3 Å². The Morgan fingerprint density at radius 3 is 2.68 bits per heavy atom. The zero-order chi connectivity index (χ0) is 24.6. The van der Waals surface area contributed by atoms with Crippen LogP contribution in [0.15, 0.2) is 53.3 Å². The van der Waals surface area contributed by atoms with Crippen LogP contribution in [-0.2, 0) is 7.05 Å². The van der Waals surface area contributed by atoms with Crippen LogP contribution in [-0.4, -0.2) is 25.6 Å². The fourth-order valence-electron chi connectivity index (χ4n) is 3.89. The summed E-state index contributed by atoms with van der Waals surface area (Å²) in [5.74, 6) is -0.788. The summed E-state index contributed by atoms with van der Waals surface area (Å²) in [5.41, 5.74) is 3.05. The minimum absolute atomic E-state index is 0.0750. The van der Waals surface area contributed by atoms with E-state index in [4.69, 9.17) is 16.6 Å². The predicted octanol–water partition coefficient (Wildman–Crippen LogP) is 4.70. The highest BCUT2D eigenvalue weighted by atomic mass is 35.5. The van der Waals surface area contributed by atoms with E-state index in [1.807, 2.05) is 19.9 Å². The van der Waals surface area contributed by atoms with E-state index in [1.54, 1.807) is 43.4 Å². The molecule has 1 atom stereocenters. The van der Waals surface area contributed by atoms with E-state index in [2.05, 4.69) is 16.4 Å². The monoisotopic (exact) mass is 473 g/mol. The number of hydrogen-bond acceptors (Lipinski definition) is 6. The molecule has 2 aromatic heterocycles. The number of benzene rings is 2. The van der Waals surface area contributed by atoms with Crippen molar-refractivity contribution in [2.75, 3.05) is 5.32 Å². The largest absolute Gasteiger partial charge is 0.476 e. The number of nitrogens with zero attached hydrogens (tertiary/aromatic N) is 4. The number of carbonyl (C=O) groups is 1. The molecule has 34 heavy (non-hydrogen) atoms. The van der Waals surface area contributed by atoms with Crippen LogP contribution in [0.1, 0.15) is 40.1 Å². The Bertz CT molecular complexity index is 1560. The fourth-order valence-corrected chi connectivity index (χ4v) is 4.04. The van der Waals surface area contributed by atoms with Crippen molar-refractivity contribution in [3.05, 3.63) is 86.4 Å². The first-order chi connectivity index (χ1) is 16.2.